The number of hydrogen-bond donors (Lipinski definition) is 3. The maximum absolute atomic E-state index is 12.4. The van der Waals surface area contributed by atoms with E-state index in [-0.39, 0.29) is 11.9 Å². The molecule has 0 aliphatic carbocycles. The van der Waals surface area contributed by atoms with Crippen LogP contribution in [0.2, 0.25) is 0 Å². The van der Waals surface area contributed by atoms with Gasteiger partial charge in [-0.15, -0.1) is 0 Å². The molecule has 2 rings (SSSR count). The molecule has 1 fully saturated rings. The number of amides is 1. The van der Waals surface area contributed by atoms with Crippen molar-refractivity contribution in [2.24, 2.45) is 5.84 Å². The minimum atomic E-state index is -0.0506. The zero-order chi connectivity index (χ0) is 15.4. The summed E-state index contributed by atoms with van der Waals surface area (Å²) in [5.41, 5.74) is 3.98. The Hall–Kier alpha value is -1.66. The van der Waals surface area contributed by atoms with Crippen molar-refractivity contribution < 1.29 is 4.79 Å². The molecule has 2 unspecified atom stereocenters. The van der Waals surface area contributed by atoms with Gasteiger partial charge in [-0.1, -0.05) is 6.92 Å². The molecule has 4 N–H and O–H groups in total. The number of likely N-dealkylation sites (tertiary alicyclic amines) is 1. The summed E-state index contributed by atoms with van der Waals surface area (Å²) < 4.78 is 0. The van der Waals surface area contributed by atoms with Crippen LogP contribution in [0.3, 0.4) is 0 Å². The van der Waals surface area contributed by atoms with Crippen LogP contribution in [0.4, 0.5) is 5.82 Å². The molecule has 0 saturated carbocycles. The van der Waals surface area contributed by atoms with Crippen LogP contribution in [-0.2, 0) is 6.42 Å². The number of rotatable bonds is 4. The van der Waals surface area contributed by atoms with Gasteiger partial charge in [0.05, 0.1) is 0 Å². The molecule has 1 aromatic rings. The molecular weight excluding hydrogens is 266 g/mol. The normalized spacial score (nSPS) is 22.9. The number of aromatic nitrogens is 1. The van der Waals surface area contributed by atoms with Gasteiger partial charge in [-0.05, 0) is 45.4 Å². The number of pyridine rings is 1. The fourth-order valence-corrected chi connectivity index (χ4v) is 2.66. The Labute approximate surface area is 126 Å². The summed E-state index contributed by atoms with van der Waals surface area (Å²) in [6.45, 7) is 5.21. The highest BCUT2D eigenvalue weighted by molar-refractivity contribution is 5.95. The fourth-order valence-electron chi connectivity index (χ4n) is 2.66. The smallest absolute Gasteiger partial charge is 0.251 e. The molecule has 1 aromatic heterocycles. The minimum Gasteiger partial charge on any atom is -0.349 e. The number of hydrogen-bond acceptors (Lipinski definition) is 5. The molecule has 6 heteroatoms. The third-order valence-corrected chi connectivity index (χ3v) is 4.19. The molecule has 0 aromatic carbocycles. The Bertz CT molecular complexity index is 483. The van der Waals surface area contributed by atoms with Crippen molar-refractivity contribution in [3.05, 3.63) is 23.4 Å². The van der Waals surface area contributed by atoms with Crippen molar-refractivity contribution >= 4 is 11.7 Å². The largest absolute Gasteiger partial charge is 0.349 e. The van der Waals surface area contributed by atoms with Gasteiger partial charge in [0, 0.05) is 29.9 Å². The summed E-state index contributed by atoms with van der Waals surface area (Å²) in [5.74, 6) is 5.88. The van der Waals surface area contributed by atoms with Gasteiger partial charge in [-0.3, -0.25) is 4.79 Å². The molecule has 1 aliphatic heterocycles. The summed E-state index contributed by atoms with van der Waals surface area (Å²) in [4.78, 5) is 19.0. The van der Waals surface area contributed by atoms with Crippen molar-refractivity contribution in [2.45, 2.75) is 45.2 Å². The van der Waals surface area contributed by atoms with Gasteiger partial charge in [-0.25, -0.2) is 10.8 Å². The lowest BCUT2D eigenvalue weighted by Crippen LogP contribution is -2.47. The second kappa shape index (κ2) is 6.87. The second-order valence-electron chi connectivity index (χ2n) is 5.75. The first-order valence-electron chi connectivity index (χ1n) is 7.52. The number of nitrogens with one attached hydrogen (secondary N) is 2. The number of nitrogens with zero attached hydrogens (tertiary/aromatic N) is 2. The van der Waals surface area contributed by atoms with Gasteiger partial charge in [0.15, 0.2) is 0 Å². The van der Waals surface area contributed by atoms with Crippen LogP contribution in [0.1, 0.15) is 42.7 Å². The van der Waals surface area contributed by atoms with Gasteiger partial charge in [-0.2, -0.15) is 0 Å². The second-order valence-corrected chi connectivity index (χ2v) is 5.75. The lowest BCUT2D eigenvalue weighted by molar-refractivity contribution is 0.0896. The summed E-state index contributed by atoms with van der Waals surface area (Å²) in [6.07, 6.45) is 2.73. The zero-order valence-corrected chi connectivity index (χ0v) is 13.0. The van der Waals surface area contributed by atoms with Gasteiger partial charge in [0.2, 0.25) is 0 Å². The minimum absolute atomic E-state index is 0.0506. The lowest BCUT2D eigenvalue weighted by Gasteiger charge is -2.35. The van der Waals surface area contributed by atoms with Gasteiger partial charge >= 0.3 is 0 Å². The van der Waals surface area contributed by atoms with Crippen molar-refractivity contribution in [2.75, 3.05) is 19.0 Å². The van der Waals surface area contributed by atoms with Crippen molar-refractivity contribution in [3.63, 3.8) is 0 Å². The Morgan fingerprint density at radius 3 is 2.90 bits per heavy atom. The van der Waals surface area contributed by atoms with Crippen molar-refractivity contribution in [3.8, 4) is 0 Å². The Kier molecular flexibility index (Phi) is 5.14. The van der Waals surface area contributed by atoms with E-state index < -0.39 is 0 Å². The third-order valence-electron chi connectivity index (χ3n) is 4.19. The molecule has 2 atom stereocenters. The molecule has 21 heavy (non-hydrogen) atoms. The van der Waals surface area contributed by atoms with E-state index in [4.69, 9.17) is 5.84 Å². The van der Waals surface area contributed by atoms with Gasteiger partial charge < -0.3 is 15.6 Å². The number of carbonyl (C=O) groups excluding carboxylic acids is 1. The number of nitrogens with two attached hydrogens (primary N) is 1. The van der Waals surface area contributed by atoms with E-state index >= 15 is 0 Å². The van der Waals surface area contributed by atoms with E-state index in [1.165, 1.54) is 0 Å². The number of hydrazine groups is 1. The fraction of sp³-hybridized carbons (Fsp3) is 0.600. The van der Waals surface area contributed by atoms with Crippen molar-refractivity contribution in [1.82, 2.24) is 15.2 Å². The molecule has 0 radical (unpaired) electrons. The Balaban J connectivity index is 2.06. The molecule has 0 bridgehead atoms. The van der Waals surface area contributed by atoms with Crippen LogP contribution in [0.25, 0.3) is 0 Å². The predicted molar refractivity (Wildman–Crippen MR) is 84.0 cm³/mol. The number of piperidine rings is 1. The SMILES string of the molecule is CCc1cc(C(=O)NC2CCN(C)C(C)C2)cc(NN)n1. The highest BCUT2D eigenvalue weighted by atomic mass is 16.1. The Morgan fingerprint density at radius 1 is 1.52 bits per heavy atom. The highest BCUT2D eigenvalue weighted by Gasteiger charge is 2.24. The van der Waals surface area contributed by atoms with Crippen LogP contribution in [0.15, 0.2) is 12.1 Å². The molecule has 1 aliphatic rings. The van der Waals surface area contributed by atoms with Crippen LogP contribution in [-0.4, -0.2) is 41.5 Å². The number of anilines is 1. The summed E-state index contributed by atoms with van der Waals surface area (Å²) in [7, 11) is 2.12. The zero-order valence-electron chi connectivity index (χ0n) is 13.0. The molecular formula is C15H25N5O. The molecule has 1 saturated heterocycles. The van der Waals surface area contributed by atoms with E-state index in [1.807, 2.05) is 13.0 Å². The molecule has 0 spiro atoms. The van der Waals surface area contributed by atoms with Crippen molar-refractivity contribution in [1.29, 1.82) is 0 Å². The maximum atomic E-state index is 12.4. The predicted octanol–water partition coefficient (Wildman–Crippen LogP) is 1.14. The van der Waals surface area contributed by atoms with Crippen LogP contribution in [0.5, 0.6) is 0 Å². The molecule has 6 nitrogen and oxygen atoms in total. The third kappa shape index (κ3) is 3.92. The first kappa shape index (κ1) is 15.7. The molecule has 1 amide bonds. The first-order valence-corrected chi connectivity index (χ1v) is 7.52. The summed E-state index contributed by atoms with van der Waals surface area (Å²) in [5, 5.41) is 3.13. The lowest BCUT2D eigenvalue weighted by atomic mass is 9.98. The average molecular weight is 291 g/mol. The van der Waals surface area contributed by atoms with Crippen LogP contribution >= 0.6 is 0 Å². The summed E-state index contributed by atoms with van der Waals surface area (Å²) in [6, 6.07) is 4.24. The molecule has 116 valence electrons. The Morgan fingerprint density at radius 2 is 2.29 bits per heavy atom. The maximum Gasteiger partial charge on any atom is 0.251 e. The number of nitrogen functional groups attached to an aromatic ring is 1. The standard InChI is InChI=1S/C15H25N5O/c1-4-12-8-11(9-14(17-12)19-16)15(21)18-13-5-6-20(3)10(2)7-13/h8-10,13H,4-7,16H2,1-3H3,(H,17,19)(H,18,21). The van der Waals surface area contributed by atoms with E-state index in [0.29, 0.717) is 17.4 Å². The average Bonchev–Trinajstić information content (AvgIpc) is 2.50. The van der Waals surface area contributed by atoms with Crippen LogP contribution in [0, 0.1) is 0 Å². The van der Waals surface area contributed by atoms with Gasteiger partial charge in [0.25, 0.3) is 5.91 Å². The van der Waals surface area contributed by atoms with E-state index in [0.717, 1.165) is 31.5 Å². The van der Waals surface area contributed by atoms with E-state index in [1.54, 1.807) is 6.07 Å². The highest BCUT2D eigenvalue weighted by Crippen LogP contribution is 2.17. The van der Waals surface area contributed by atoms with E-state index in [9.17, 15) is 4.79 Å². The quantitative estimate of drug-likeness (QED) is 0.572. The first-order chi connectivity index (χ1) is 10.0. The monoisotopic (exact) mass is 291 g/mol. The summed E-state index contributed by atoms with van der Waals surface area (Å²) >= 11 is 0. The number of carbonyl (C=O) groups is 1. The topological polar surface area (TPSA) is 83.3 Å². The molecule has 2 heterocycles. The number of aryl methyl sites for hydroxylation is 1. The van der Waals surface area contributed by atoms with Crippen LogP contribution < -0.4 is 16.6 Å². The van der Waals surface area contributed by atoms with Gasteiger partial charge in [0.1, 0.15) is 5.82 Å². The van der Waals surface area contributed by atoms with E-state index in [2.05, 4.69) is 34.6 Å².